The van der Waals surface area contributed by atoms with Crippen LogP contribution in [0.5, 0.6) is 0 Å². The lowest BCUT2D eigenvalue weighted by Gasteiger charge is -2.37. The maximum absolute atomic E-state index is 11.7. The molecule has 4 nitrogen and oxygen atoms in total. The molecule has 0 bridgehead atoms. The van der Waals surface area contributed by atoms with E-state index in [1.165, 1.54) is 16.7 Å². The van der Waals surface area contributed by atoms with Gasteiger partial charge in [-0.05, 0) is 51.9 Å². The van der Waals surface area contributed by atoms with Crippen LogP contribution >= 0.6 is 0 Å². The highest BCUT2D eigenvalue weighted by Crippen LogP contribution is 2.43. The van der Waals surface area contributed by atoms with E-state index >= 15 is 0 Å². The third-order valence-electron chi connectivity index (χ3n) is 6.42. The van der Waals surface area contributed by atoms with Gasteiger partial charge in [0.1, 0.15) is 0 Å². The zero-order valence-corrected chi connectivity index (χ0v) is 18.8. The Morgan fingerprint density at radius 1 is 0.968 bits per heavy atom. The standard InChI is InChI=1S/C27H28N2O2/c1-17-13-22-23(27(5,6)12-11-26(22,3)4)14-21(17)18(2)20-9-7-19(8-10-20)16-29-24(30)15-28-25(29)31/h7-15H,2,16H2,1,3-6H3. The number of amides is 3. The third-order valence-corrected chi connectivity index (χ3v) is 6.42. The molecule has 4 heteroatoms. The van der Waals surface area contributed by atoms with Crippen molar-refractivity contribution in [2.75, 3.05) is 0 Å². The van der Waals surface area contributed by atoms with E-state index in [2.05, 4.69) is 70.5 Å². The molecule has 158 valence electrons. The highest BCUT2D eigenvalue weighted by atomic mass is 16.2. The Morgan fingerprint density at radius 2 is 1.55 bits per heavy atom. The largest absolute Gasteiger partial charge is 0.350 e. The first-order valence-electron chi connectivity index (χ1n) is 10.5. The van der Waals surface area contributed by atoms with Gasteiger partial charge in [-0.3, -0.25) is 9.69 Å². The number of nitrogens with zero attached hydrogens (tertiary/aromatic N) is 2. The number of hydrogen-bond acceptors (Lipinski definition) is 2. The van der Waals surface area contributed by atoms with Crippen LogP contribution in [0.3, 0.4) is 0 Å². The van der Waals surface area contributed by atoms with Crippen LogP contribution < -0.4 is 0 Å². The molecule has 2 aromatic rings. The van der Waals surface area contributed by atoms with Gasteiger partial charge in [0.25, 0.3) is 5.91 Å². The predicted octanol–water partition coefficient (Wildman–Crippen LogP) is 5.71. The van der Waals surface area contributed by atoms with Gasteiger partial charge in [0.05, 0.1) is 12.8 Å². The summed E-state index contributed by atoms with van der Waals surface area (Å²) < 4.78 is 0. The van der Waals surface area contributed by atoms with Gasteiger partial charge in [0.2, 0.25) is 0 Å². The van der Waals surface area contributed by atoms with E-state index in [0.717, 1.165) is 33.4 Å². The number of aryl methyl sites for hydroxylation is 1. The Balaban J connectivity index is 1.63. The molecule has 0 radical (unpaired) electrons. The van der Waals surface area contributed by atoms with E-state index in [9.17, 15) is 9.59 Å². The summed E-state index contributed by atoms with van der Waals surface area (Å²) in [6.07, 6.45) is 5.68. The van der Waals surface area contributed by atoms with Gasteiger partial charge in [-0.1, -0.05) is 76.8 Å². The Morgan fingerprint density at radius 3 is 2.10 bits per heavy atom. The van der Waals surface area contributed by atoms with Gasteiger partial charge in [-0.25, -0.2) is 4.79 Å². The number of hydrogen-bond donors (Lipinski definition) is 0. The van der Waals surface area contributed by atoms with Gasteiger partial charge < -0.3 is 0 Å². The molecule has 0 spiro atoms. The van der Waals surface area contributed by atoms with Crippen molar-refractivity contribution in [2.45, 2.75) is 52.0 Å². The van der Waals surface area contributed by atoms with Gasteiger partial charge in [0.15, 0.2) is 0 Å². The molecule has 0 saturated heterocycles. The fraction of sp³-hybridized carbons (Fsp3) is 0.296. The predicted molar refractivity (Wildman–Crippen MR) is 125 cm³/mol. The first-order valence-corrected chi connectivity index (χ1v) is 10.5. The zero-order valence-electron chi connectivity index (χ0n) is 18.8. The second-order valence-corrected chi connectivity index (χ2v) is 9.63. The van der Waals surface area contributed by atoms with E-state index in [1.54, 1.807) is 0 Å². The molecule has 4 rings (SSSR count). The van der Waals surface area contributed by atoms with Gasteiger partial charge in [-0.15, -0.1) is 0 Å². The molecule has 2 aliphatic rings. The first kappa shape index (κ1) is 21.0. The van der Waals surface area contributed by atoms with Crippen molar-refractivity contribution in [2.24, 2.45) is 4.99 Å². The lowest BCUT2D eigenvalue weighted by atomic mass is 9.67. The summed E-state index contributed by atoms with van der Waals surface area (Å²) in [5.74, 6) is -0.372. The van der Waals surface area contributed by atoms with Crippen molar-refractivity contribution in [3.05, 3.63) is 88.5 Å². The molecule has 0 atom stereocenters. The quantitative estimate of drug-likeness (QED) is 0.604. The minimum absolute atomic E-state index is 0.00524. The number of allylic oxidation sites excluding steroid dienone is 2. The van der Waals surface area contributed by atoms with Crippen LogP contribution in [0.4, 0.5) is 4.79 Å². The van der Waals surface area contributed by atoms with Crippen LogP contribution in [0.25, 0.3) is 5.57 Å². The Labute approximate surface area is 184 Å². The topological polar surface area (TPSA) is 49.7 Å². The number of benzene rings is 2. The fourth-order valence-corrected chi connectivity index (χ4v) is 4.33. The second-order valence-electron chi connectivity index (χ2n) is 9.63. The lowest BCUT2D eigenvalue weighted by Crippen LogP contribution is -2.29. The number of rotatable bonds is 4. The number of carbonyl (C=O) groups is 2. The molecule has 31 heavy (non-hydrogen) atoms. The van der Waals surface area contributed by atoms with Crippen molar-refractivity contribution in [1.82, 2.24) is 4.90 Å². The van der Waals surface area contributed by atoms with Crippen molar-refractivity contribution < 1.29 is 9.59 Å². The highest BCUT2D eigenvalue weighted by molar-refractivity contribution is 6.35. The molecule has 0 N–H and O–H groups in total. The average Bonchev–Trinajstić information content (AvgIpc) is 3.03. The number of imide groups is 1. The molecule has 1 aliphatic carbocycles. The van der Waals surface area contributed by atoms with Crippen molar-refractivity contribution in [3.63, 3.8) is 0 Å². The molecular formula is C27H28N2O2. The molecule has 0 aromatic heterocycles. The van der Waals surface area contributed by atoms with E-state index < -0.39 is 6.03 Å². The molecule has 1 aliphatic heterocycles. The monoisotopic (exact) mass is 412 g/mol. The lowest BCUT2D eigenvalue weighted by molar-refractivity contribution is -0.120. The highest BCUT2D eigenvalue weighted by Gasteiger charge is 2.33. The summed E-state index contributed by atoms with van der Waals surface area (Å²) >= 11 is 0. The summed E-state index contributed by atoms with van der Waals surface area (Å²) in [6, 6.07) is 12.0. The molecule has 2 aromatic carbocycles. The third kappa shape index (κ3) is 3.67. The maximum Gasteiger partial charge on any atom is 0.350 e. The minimum Gasteiger partial charge on any atom is -0.267 e. The Kier molecular flexibility index (Phi) is 4.84. The molecule has 3 amide bonds. The van der Waals surface area contributed by atoms with Crippen LogP contribution in [-0.2, 0) is 22.2 Å². The summed E-state index contributed by atoms with van der Waals surface area (Å²) in [5.41, 5.74) is 7.88. The van der Waals surface area contributed by atoms with Crippen molar-refractivity contribution in [3.8, 4) is 0 Å². The van der Waals surface area contributed by atoms with Crippen molar-refractivity contribution in [1.29, 1.82) is 0 Å². The molecule has 1 heterocycles. The summed E-state index contributed by atoms with van der Waals surface area (Å²) in [7, 11) is 0. The smallest absolute Gasteiger partial charge is 0.267 e. The number of carbonyl (C=O) groups excluding carboxylic acids is 2. The summed E-state index contributed by atoms with van der Waals surface area (Å²) in [6.45, 7) is 15.8. The number of aliphatic imine (C=N–C) groups is 1. The van der Waals surface area contributed by atoms with Crippen LogP contribution in [0, 0.1) is 6.92 Å². The van der Waals surface area contributed by atoms with Crippen molar-refractivity contribution >= 4 is 23.7 Å². The minimum atomic E-state index is -0.511. The van der Waals surface area contributed by atoms with E-state index in [4.69, 9.17) is 0 Å². The molecule has 0 unspecified atom stereocenters. The molecule has 0 fully saturated rings. The van der Waals surface area contributed by atoms with E-state index in [0.29, 0.717) is 0 Å². The molecular weight excluding hydrogens is 384 g/mol. The number of urea groups is 1. The second kappa shape index (κ2) is 7.16. The van der Waals surface area contributed by atoms with Crippen LogP contribution in [0.1, 0.15) is 61.1 Å². The fourth-order valence-electron chi connectivity index (χ4n) is 4.33. The van der Waals surface area contributed by atoms with Crippen LogP contribution in [0.15, 0.2) is 60.1 Å². The summed E-state index contributed by atoms with van der Waals surface area (Å²) in [4.78, 5) is 28.1. The normalized spacial score (nSPS) is 18.4. The Hall–Kier alpha value is -3.27. The van der Waals surface area contributed by atoms with Gasteiger partial charge >= 0.3 is 6.03 Å². The number of fused-ring (bicyclic) bond motifs is 1. The van der Waals surface area contributed by atoms with Crippen LogP contribution in [-0.4, -0.2) is 23.1 Å². The Bertz CT molecular complexity index is 1150. The van der Waals surface area contributed by atoms with Gasteiger partial charge in [0, 0.05) is 10.8 Å². The first-order chi connectivity index (χ1) is 14.5. The van der Waals surface area contributed by atoms with E-state index in [1.807, 2.05) is 24.3 Å². The van der Waals surface area contributed by atoms with E-state index in [-0.39, 0.29) is 23.3 Å². The van der Waals surface area contributed by atoms with Crippen LogP contribution in [0.2, 0.25) is 0 Å². The SMILES string of the molecule is C=C(c1ccc(CN2C(=O)C=NC2=O)cc1)c1cc2c(cc1C)C(C)(C)C=CC2(C)C. The maximum atomic E-state index is 11.7. The molecule has 0 saturated carbocycles. The van der Waals surface area contributed by atoms with Gasteiger partial charge in [-0.2, -0.15) is 4.99 Å². The average molecular weight is 413 g/mol. The zero-order chi connectivity index (χ0) is 22.6. The summed E-state index contributed by atoms with van der Waals surface area (Å²) in [5, 5.41) is 0.